The number of benzene rings is 1. The monoisotopic (exact) mass is 290 g/mol. The molecule has 1 aromatic rings. The smallest absolute Gasteiger partial charge is 0.240 e. The minimum Gasteiger partial charge on any atom is -0.354 e. The van der Waals surface area contributed by atoms with Gasteiger partial charge in [0.1, 0.15) is 5.82 Å². The molecule has 0 saturated heterocycles. The molecule has 3 nitrogen and oxygen atoms in total. The first kappa shape index (κ1) is 14.5. The Labute approximate surface area is 125 Å². The minimum absolute atomic E-state index is 0.0200. The Balaban J connectivity index is 1.67. The molecule has 1 aromatic carbocycles. The minimum atomic E-state index is -0.673. The first-order valence-electron chi connectivity index (χ1n) is 7.87. The van der Waals surface area contributed by atoms with Crippen LogP contribution in [0.2, 0.25) is 0 Å². The van der Waals surface area contributed by atoms with Crippen LogP contribution in [0.1, 0.15) is 50.5 Å². The molecule has 0 bridgehead atoms. The van der Waals surface area contributed by atoms with Gasteiger partial charge in [0.15, 0.2) is 0 Å². The van der Waals surface area contributed by atoms with Crippen LogP contribution >= 0.6 is 0 Å². The van der Waals surface area contributed by atoms with E-state index in [1.807, 2.05) is 12.1 Å². The van der Waals surface area contributed by atoms with Crippen molar-refractivity contribution in [3.8, 4) is 0 Å². The number of halogens is 1. The Morgan fingerprint density at radius 3 is 2.24 bits per heavy atom. The van der Waals surface area contributed by atoms with Gasteiger partial charge in [-0.05, 0) is 43.4 Å². The molecule has 4 heteroatoms. The normalized spacial score (nSPS) is 22.6. The van der Waals surface area contributed by atoms with Crippen LogP contribution in [-0.2, 0) is 10.2 Å². The predicted molar refractivity (Wildman–Crippen MR) is 80.3 cm³/mol. The zero-order chi connectivity index (χ0) is 14.9. The summed E-state index contributed by atoms with van der Waals surface area (Å²) >= 11 is 0. The fourth-order valence-corrected chi connectivity index (χ4v) is 3.63. The number of hydrogen-bond donors (Lipinski definition) is 2. The number of amides is 1. The highest BCUT2D eigenvalue weighted by Crippen LogP contribution is 2.43. The summed E-state index contributed by atoms with van der Waals surface area (Å²) in [5.41, 5.74) is 6.60. The Morgan fingerprint density at radius 1 is 1.10 bits per heavy atom. The van der Waals surface area contributed by atoms with Gasteiger partial charge in [0.2, 0.25) is 5.91 Å². The van der Waals surface area contributed by atoms with Crippen LogP contribution in [0, 0.1) is 5.82 Å². The molecule has 2 saturated carbocycles. The van der Waals surface area contributed by atoms with Gasteiger partial charge in [-0.3, -0.25) is 4.79 Å². The zero-order valence-electron chi connectivity index (χ0n) is 12.3. The first-order chi connectivity index (χ1) is 10.0. The molecular weight excluding hydrogens is 267 g/mol. The Kier molecular flexibility index (Phi) is 3.74. The third-order valence-corrected chi connectivity index (χ3v) is 5.30. The van der Waals surface area contributed by atoms with E-state index in [2.05, 4.69) is 5.32 Å². The van der Waals surface area contributed by atoms with Crippen molar-refractivity contribution in [2.75, 3.05) is 6.54 Å². The number of hydrogen-bond acceptors (Lipinski definition) is 2. The molecule has 0 atom stereocenters. The van der Waals surface area contributed by atoms with Gasteiger partial charge in [0.25, 0.3) is 0 Å². The molecule has 0 spiro atoms. The maximum atomic E-state index is 13.1. The van der Waals surface area contributed by atoms with Crippen molar-refractivity contribution < 1.29 is 9.18 Å². The topological polar surface area (TPSA) is 55.1 Å². The Bertz CT molecular complexity index is 516. The molecule has 0 unspecified atom stereocenters. The summed E-state index contributed by atoms with van der Waals surface area (Å²) in [5.74, 6) is -0.238. The van der Waals surface area contributed by atoms with Crippen LogP contribution in [0.25, 0.3) is 0 Å². The van der Waals surface area contributed by atoms with Gasteiger partial charge in [0, 0.05) is 12.0 Å². The Hall–Kier alpha value is -1.42. The summed E-state index contributed by atoms with van der Waals surface area (Å²) in [5, 5.41) is 3.06. The predicted octanol–water partition coefficient (Wildman–Crippen LogP) is 2.64. The Morgan fingerprint density at radius 2 is 1.71 bits per heavy atom. The second kappa shape index (κ2) is 5.41. The van der Waals surface area contributed by atoms with E-state index in [9.17, 15) is 9.18 Å². The third kappa shape index (κ3) is 2.69. The molecule has 0 aromatic heterocycles. The standard InChI is InChI=1S/C17H23FN2O/c18-14-6-4-13(5-7-14)16(8-3-9-16)12-20-15(21)17(19)10-1-2-11-17/h4-7H,1-3,8-12,19H2,(H,20,21). The average molecular weight is 290 g/mol. The lowest BCUT2D eigenvalue weighted by molar-refractivity contribution is -0.126. The van der Waals surface area contributed by atoms with Crippen molar-refractivity contribution >= 4 is 5.91 Å². The molecule has 3 N–H and O–H groups in total. The molecule has 21 heavy (non-hydrogen) atoms. The lowest BCUT2D eigenvalue weighted by Gasteiger charge is -2.43. The van der Waals surface area contributed by atoms with Gasteiger partial charge < -0.3 is 11.1 Å². The largest absolute Gasteiger partial charge is 0.354 e. The van der Waals surface area contributed by atoms with Crippen molar-refractivity contribution in [2.24, 2.45) is 5.73 Å². The van der Waals surface area contributed by atoms with Gasteiger partial charge in [-0.15, -0.1) is 0 Å². The molecule has 3 rings (SSSR count). The molecule has 1 amide bonds. The second-order valence-corrected chi connectivity index (χ2v) is 6.69. The van der Waals surface area contributed by atoms with Crippen LogP contribution < -0.4 is 11.1 Å². The highest BCUT2D eigenvalue weighted by molar-refractivity contribution is 5.86. The van der Waals surface area contributed by atoms with E-state index < -0.39 is 5.54 Å². The van der Waals surface area contributed by atoms with Crippen molar-refractivity contribution in [1.29, 1.82) is 0 Å². The van der Waals surface area contributed by atoms with Crippen molar-refractivity contribution in [1.82, 2.24) is 5.32 Å². The maximum Gasteiger partial charge on any atom is 0.240 e. The summed E-state index contributed by atoms with van der Waals surface area (Å²) in [7, 11) is 0. The van der Waals surface area contributed by atoms with Gasteiger partial charge >= 0.3 is 0 Å². The quantitative estimate of drug-likeness (QED) is 0.895. The summed E-state index contributed by atoms with van der Waals surface area (Å²) in [6, 6.07) is 6.68. The average Bonchev–Trinajstić information content (AvgIpc) is 2.87. The van der Waals surface area contributed by atoms with E-state index in [0.29, 0.717) is 6.54 Å². The fraction of sp³-hybridized carbons (Fsp3) is 0.588. The van der Waals surface area contributed by atoms with Crippen LogP contribution in [0.15, 0.2) is 24.3 Å². The second-order valence-electron chi connectivity index (χ2n) is 6.69. The third-order valence-electron chi connectivity index (χ3n) is 5.30. The summed E-state index contributed by atoms with van der Waals surface area (Å²) in [4.78, 5) is 12.3. The van der Waals surface area contributed by atoms with E-state index >= 15 is 0 Å². The molecule has 0 radical (unpaired) electrons. The number of nitrogens with two attached hydrogens (primary N) is 1. The van der Waals surface area contributed by atoms with Crippen molar-refractivity contribution in [2.45, 2.75) is 55.9 Å². The zero-order valence-corrected chi connectivity index (χ0v) is 12.3. The van der Waals surface area contributed by atoms with Crippen LogP contribution in [-0.4, -0.2) is 18.0 Å². The van der Waals surface area contributed by atoms with Crippen LogP contribution in [0.3, 0.4) is 0 Å². The van der Waals surface area contributed by atoms with Gasteiger partial charge in [-0.1, -0.05) is 31.4 Å². The molecule has 0 heterocycles. The summed E-state index contributed by atoms with van der Waals surface area (Å²) < 4.78 is 13.1. The molecule has 2 aliphatic rings. The van der Waals surface area contributed by atoms with E-state index in [4.69, 9.17) is 5.73 Å². The van der Waals surface area contributed by atoms with E-state index in [0.717, 1.165) is 50.5 Å². The summed E-state index contributed by atoms with van der Waals surface area (Å²) in [6.45, 7) is 0.608. The highest BCUT2D eigenvalue weighted by Gasteiger charge is 2.42. The molecule has 114 valence electrons. The van der Waals surface area contributed by atoms with E-state index in [1.165, 1.54) is 12.1 Å². The van der Waals surface area contributed by atoms with Crippen LogP contribution in [0.4, 0.5) is 4.39 Å². The number of carbonyl (C=O) groups excluding carboxylic acids is 1. The van der Waals surface area contributed by atoms with Crippen molar-refractivity contribution in [3.63, 3.8) is 0 Å². The van der Waals surface area contributed by atoms with Gasteiger partial charge in [-0.2, -0.15) is 0 Å². The lowest BCUT2D eigenvalue weighted by Crippen LogP contribution is -2.55. The summed E-state index contributed by atoms with van der Waals surface area (Å²) in [6.07, 6.45) is 6.86. The number of nitrogens with one attached hydrogen (secondary N) is 1. The fourth-order valence-electron chi connectivity index (χ4n) is 3.63. The van der Waals surface area contributed by atoms with Crippen molar-refractivity contribution in [3.05, 3.63) is 35.6 Å². The number of carbonyl (C=O) groups is 1. The van der Waals surface area contributed by atoms with E-state index in [1.54, 1.807) is 0 Å². The molecule has 2 aliphatic carbocycles. The maximum absolute atomic E-state index is 13.1. The highest BCUT2D eigenvalue weighted by atomic mass is 19.1. The lowest BCUT2D eigenvalue weighted by atomic mass is 9.64. The molecular formula is C17H23FN2O. The molecule has 0 aliphatic heterocycles. The SMILES string of the molecule is NC1(C(=O)NCC2(c3ccc(F)cc3)CCC2)CCCC1. The first-order valence-corrected chi connectivity index (χ1v) is 7.87. The van der Waals surface area contributed by atoms with Gasteiger partial charge in [-0.25, -0.2) is 4.39 Å². The van der Waals surface area contributed by atoms with E-state index in [-0.39, 0.29) is 17.1 Å². The van der Waals surface area contributed by atoms with Crippen LogP contribution in [0.5, 0.6) is 0 Å². The molecule has 2 fully saturated rings. The van der Waals surface area contributed by atoms with Gasteiger partial charge in [0.05, 0.1) is 5.54 Å². The number of rotatable bonds is 4.